The van der Waals surface area contributed by atoms with Gasteiger partial charge in [0.1, 0.15) is 5.69 Å². The molecule has 1 aromatic rings. The van der Waals surface area contributed by atoms with Crippen molar-refractivity contribution in [3.63, 3.8) is 0 Å². The van der Waals surface area contributed by atoms with Crippen molar-refractivity contribution in [1.82, 2.24) is 0 Å². The number of aryl methyl sites for hydroxylation is 1. The molecule has 0 bridgehead atoms. The van der Waals surface area contributed by atoms with Crippen LogP contribution in [0.1, 0.15) is 12.0 Å². The Balaban J connectivity index is 2.53. The lowest BCUT2D eigenvalue weighted by atomic mass is 10.1. The van der Waals surface area contributed by atoms with Crippen LogP contribution in [-0.2, 0) is 4.79 Å². The van der Waals surface area contributed by atoms with Crippen LogP contribution in [0.3, 0.4) is 0 Å². The molecule has 1 saturated heterocycles. The molecule has 0 radical (unpaired) electrons. The molecule has 0 aromatic heterocycles. The van der Waals surface area contributed by atoms with Crippen molar-refractivity contribution < 1.29 is 9.72 Å². The van der Waals surface area contributed by atoms with Gasteiger partial charge in [0.15, 0.2) is 0 Å². The maximum Gasteiger partial charge on any atom is 0.294 e. The van der Waals surface area contributed by atoms with Gasteiger partial charge in [0.05, 0.1) is 4.92 Å². The first kappa shape index (κ1) is 13.7. The van der Waals surface area contributed by atoms with Crippen molar-refractivity contribution in [3.05, 3.63) is 44.9 Å². The number of nitro groups is 1. The Morgan fingerprint density at radius 1 is 1.58 bits per heavy atom. The Morgan fingerprint density at radius 2 is 2.26 bits per heavy atom. The fraction of sp³-hybridized carbons (Fsp3) is 0.308. The minimum absolute atomic E-state index is 0.0420. The predicted molar refractivity (Wildman–Crippen MR) is 76.2 cm³/mol. The lowest BCUT2D eigenvalue weighted by molar-refractivity contribution is -0.384. The smallest absolute Gasteiger partial charge is 0.294 e. The monoisotopic (exact) mass is 324 g/mol. The summed E-state index contributed by atoms with van der Waals surface area (Å²) in [4.78, 5) is 24.2. The zero-order valence-corrected chi connectivity index (χ0v) is 12.0. The number of anilines is 1. The predicted octanol–water partition coefficient (Wildman–Crippen LogP) is 3.20. The average molecular weight is 325 g/mol. The molecular formula is C13H13BrN2O3. The summed E-state index contributed by atoms with van der Waals surface area (Å²) in [7, 11) is 0. The number of carbonyl (C=O) groups excluding carboxylic acids is 1. The molecule has 0 saturated carbocycles. The van der Waals surface area contributed by atoms with Gasteiger partial charge in [-0.25, -0.2) is 0 Å². The van der Waals surface area contributed by atoms with Crippen LogP contribution in [0.25, 0.3) is 0 Å². The van der Waals surface area contributed by atoms with E-state index in [0.29, 0.717) is 23.1 Å². The maximum absolute atomic E-state index is 12.0. The highest BCUT2D eigenvalue weighted by Gasteiger charge is 2.34. The molecule has 0 aliphatic carbocycles. The lowest BCUT2D eigenvalue weighted by Crippen LogP contribution is -2.25. The topological polar surface area (TPSA) is 63.5 Å². The summed E-state index contributed by atoms with van der Waals surface area (Å²) in [5.74, 6) is -0.0714. The number of hydrogen-bond acceptors (Lipinski definition) is 3. The van der Waals surface area contributed by atoms with Gasteiger partial charge in [-0.3, -0.25) is 14.9 Å². The van der Waals surface area contributed by atoms with Crippen LogP contribution in [0.15, 0.2) is 29.3 Å². The highest BCUT2D eigenvalue weighted by Crippen LogP contribution is 2.39. The molecule has 1 heterocycles. The van der Waals surface area contributed by atoms with Gasteiger partial charge in [0.25, 0.3) is 5.69 Å². The van der Waals surface area contributed by atoms with Gasteiger partial charge < -0.3 is 4.90 Å². The minimum atomic E-state index is -0.457. The molecule has 2 rings (SSSR count). The second-order valence-electron chi connectivity index (χ2n) is 4.58. The van der Waals surface area contributed by atoms with Gasteiger partial charge in [-0.1, -0.05) is 6.08 Å². The van der Waals surface area contributed by atoms with Crippen molar-refractivity contribution in [2.75, 3.05) is 11.4 Å². The minimum Gasteiger partial charge on any atom is -0.305 e. The van der Waals surface area contributed by atoms with Crippen LogP contribution in [0, 0.1) is 23.0 Å². The van der Waals surface area contributed by atoms with Gasteiger partial charge >= 0.3 is 0 Å². The van der Waals surface area contributed by atoms with Crippen LogP contribution in [0.5, 0.6) is 0 Å². The average Bonchev–Trinajstić information content (AvgIpc) is 2.69. The third-order valence-corrected chi connectivity index (χ3v) is 3.75. The summed E-state index contributed by atoms with van der Waals surface area (Å²) >= 11 is 3.32. The van der Waals surface area contributed by atoms with Crippen molar-refractivity contribution in [3.8, 4) is 0 Å². The molecule has 1 unspecified atom stereocenters. The molecule has 1 fully saturated rings. The van der Waals surface area contributed by atoms with Crippen LogP contribution >= 0.6 is 15.9 Å². The summed E-state index contributed by atoms with van der Waals surface area (Å²) in [6, 6.07) is 3.26. The molecular weight excluding hydrogens is 312 g/mol. The number of amides is 1. The number of nitrogens with zero attached hydrogens (tertiary/aromatic N) is 2. The third-order valence-electron chi connectivity index (χ3n) is 3.14. The molecule has 6 heteroatoms. The van der Waals surface area contributed by atoms with Crippen molar-refractivity contribution >= 4 is 33.2 Å². The third kappa shape index (κ3) is 2.53. The number of rotatable bonds is 3. The number of nitro benzene ring substituents is 1. The first-order chi connectivity index (χ1) is 8.93. The molecule has 1 atom stereocenters. The van der Waals surface area contributed by atoms with E-state index in [1.807, 2.05) is 0 Å². The van der Waals surface area contributed by atoms with Gasteiger partial charge in [-0.2, -0.15) is 0 Å². The van der Waals surface area contributed by atoms with E-state index >= 15 is 0 Å². The number of halogens is 1. The van der Waals surface area contributed by atoms with E-state index in [4.69, 9.17) is 0 Å². The van der Waals surface area contributed by atoms with Crippen LogP contribution < -0.4 is 4.90 Å². The first-order valence-electron chi connectivity index (χ1n) is 5.81. The Bertz CT molecular complexity index is 571. The van der Waals surface area contributed by atoms with Crippen LogP contribution in [0.4, 0.5) is 11.4 Å². The Hall–Kier alpha value is -1.69. The van der Waals surface area contributed by atoms with Crippen LogP contribution in [-0.4, -0.2) is 17.4 Å². The first-order valence-corrected chi connectivity index (χ1v) is 6.60. The molecule has 1 aliphatic heterocycles. The van der Waals surface area contributed by atoms with E-state index in [1.54, 1.807) is 19.1 Å². The summed E-state index contributed by atoms with van der Waals surface area (Å²) in [6.07, 6.45) is 2.06. The Morgan fingerprint density at radius 3 is 2.79 bits per heavy atom. The molecule has 1 aromatic carbocycles. The molecule has 0 spiro atoms. The lowest BCUT2D eigenvalue weighted by Gasteiger charge is -2.18. The second kappa shape index (κ2) is 5.13. The zero-order valence-electron chi connectivity index (χ0n) is 10.4. The summed E-state index contributed by atoms with van der Waals surface area (Å²) < 4.78 is 0.567. The largest absolute Gasteiger partial charge is 0.305 e. The summed E-state index contributed by atoms with van der Waals surface area (Å²) in [5.41, 5.74) is 1.06. The molecule has 100 valence electrons. The maximum atomic E-state index is 12.0. The van der Waals surface area contributed by atoms with Crippen molar-refractivity contribution in [2.45, 2.75) is 13.3 Å². The molecule has 5 nitrogen and oxygen atoms in total. The molecule has 0 N–H and O–H groups in total. The van der Waals surface area contributed by atoms with E-state index in [2.05, 4.69) is 22.5 Å². The van der Waals surface area contributed by atoms with Gasteiger partial charge in [0.2, 0.25) is 5.91 Å². The van der Waals surface area contributed by atoms with E-state index in [0.717, 1.165) is 5.56 Å². The van der Waals surface area contributed by atoms with Gasteiger partial charge in [-0.15, -0.1) is 6.58 Å². The van der Waals surface area contributed by atoms with Crippen molar-refractivity contribution in [1.29, 1.82) is 0 Å². The highest BCUT2D eigenvalue weighted by atomic mass is 79.9. The Kier molecular flexibility index (Phi) is 3.71. The number of benzene rings is 1. The van der Waals surface area contributed by atoms with Crippen molar-refractivity contribution in [2.24, 2.45) is 5.92 Å². The highest BCUT2D eigenvalue weighted by molar-refractivity contribution is 9.10. The molecule has 19 heavy (non-hydrogen) atoms. The van der Waals surface area contributed by atoms with Gasteiger partial charge in [0, 0.05) is 29.4 Å². The molecule has 1 aliphatic rings. The van der Waals surface area contributed by atoms with Crippen LogP contribution in [0.2, 0.25) is 0 Å². The fourth-order valence-corrected chi connectivity index (χ4v) is 3.01. The quantitative estimate of drug-likeness (QED) is 0.487. The van der Waals surface area contributed by atoms with E-state index < -0.39 is 4.92 Å². The summed E-state index contributed by atoms with van der Waals surface area (Å²) in [6.45, 7) is 5.89. The standard InChI is InChI=1S/C13H13BrN2O3/c1-3-9-6-12(17)15(7-9)13-10(14)4-8(2)5-11(13)16(18)19/h3-5,9H,1,6-7H2,2H3. The number of carbonyl (C=O) groups is 1. The normalized spacial score (nSPS) is 18.7. The zero-order chi connectivity index (χ0) is 14.2. The van der Waals surface area contributed by atoms with E-state index in [9.17, 15) is 14.9 Å². The second-order valence-corrected chi connectivity index (χ2v) is 5.43. The molecule has 1 amide bonds. The summed E-state index contributed by atoms with van der Waals surface area (Å²) in [5, 5.41) is 11.2. The fourth-order valence-electron chi connectivity index (χ4n) is 2.23. The van der Waals surface area contributed by atoms with E-state index in [1.165, 1.54) is 11.0 Å². The van der Waals surface area contributed by atoms with Gasteiger partial charge in [-0.05, 0) is 34.5 Å². The number of hydrogen-bond donors (Lipinski definition) is 0. The van der Waals surface area contributed by atoms with E-state index in [-0.39, 0.29) is 17.5 Å². The Labute approximate surface area is 119 Å². The SMILES string of the molecule is C=CC1CC(=O)N(c2c(Br)cc(C)cc2[N+](=O)[O-])C1.